The number of β-amino-alcohol motifs (C(OH)–C–C–N with tert-alkyl or cyclic N) is 1. The molecule has 37 heavy (non-hydrogen) atoms. The topological polar surface area (TPSA) is 87.9 Å². The third-order valence-electron chi connectivity index (χ3n) is 8.98. The van der Waals surface area contributed by atoms with E-state index in [1.54, 1.807) is 4.90 Å². The smallest absolute Gasteiger partial charge is 0.339 e. The Morgan fingerprint density at radius 3 is 2.59 bits per heavy atom. The summed E-state index contributed by atoms with van der Waals surface area (Å²) in [5.41, 5.74) is -0.182. The Balaban J connectivity index is 1.40. The van der Waals surface area contributed by atoms with Gasteiger partial charge in [-0.3, -0.25) is 9.69 Å². The molecule has 1 aromatic heterocycles. The van der Waals surface area contributed by atoms with E-state index >= 15 is 0 Å². The minimum Gasteiger partial charge on any atom is -0.467 e. The minimum atomic E-state index is -1.61. The minimum absolute atomic E-state index is 0.00977. The maximum atomic E-state index is 13.8. The van der Waals surface area contributed by atoms with Crippen LogP contribution in [0.2, 0.25) is 0 Å². The highest BCUT2D eigenvalue weighted by Crippen LogP contribution is 2.34. The molecule has 5 rings (SSSR count). The molecule has 3 atom stereocenters. The number of benzene rings is 1. The third-order valence-corrected chi connectivity index (χ3v) is 8.98. The first-order valence-corrected chi connectivity index (χ1v) is 14.2. The zero-order chi connectivity index (χ0) is 26.0. The molecule has 0 amide bonds. The molecule has 2 unspecified atom stereocenters. The molecule has 8 heteroatoms. The highest BCUT2D eigenvalue weighted by atomic mass is 16.5. The Bertz CT molecular complexity index is 1160. The predicted molar refractivity (Wildman–Crippen MR) is 145 cm³/mol. The summed E-state index contributed by atoms with van der Waals surface area (Å²) >= 11 is 0. The number of aliphatic hydroxyl groups is 1. The van der Waals surface area contributed by atoms with Gasteiger partial charge < -0.3 is 19.3 Å². The first-order chi connectivity index (χ1) is 17.9. The van der Waals surface area contributed by atoms with E-state index in [9.17, 15) is 14.7 Å². The van der Waals surface area contributed by atoms with Gasteiger partial charge >= 0.3 is 5.97 Å². The lowest BCUT2D eigenvalue weighted by Gasteiger charge is -2.37. The monoisotopic (exact) mass is 510 g/mol. The number of esters is 1. The van der Waals surface area contributed by atoms with Gasteiger partial charge in [0.25, 0.3) is 5.56 Å². The highest BCUT2D eigenvalue weighted by Gasteiger charge is 2.45. The number of rotatable bonds is 6. The van der Waals surface area contributed by atoms with Crippen LogP contribution in [0.5, 0.6) is 0 Å². The number of fused-ring (bicyclic) bond motifs is 1. The van der Waals surface area contributed by atoms with E-state index in [4.69, 9.17) is 4.74 Å². The molecule has 3 aliphatic rings. The van der Waals surface area contributed by atoms with E-state index in [1.165, 1.54) is 64.9 Å². The van der Waals surface area contributed by atoms with Gasteiger partial charge in [-0.2, -0.15) is 0 Å². The fourth-order valence-corrected chi connectivity index (χ4v) is 6.99. The maximum absolute atomic E-state index is 13.8. The average Bonchev–Trinajstić information content (AvgIpc) is 3.46. The molecule has 2 saturated heterocycles. The summed E-state index contributed by atoms with van der Waals surface area (Å²) in [5, 5.41) is 10.8. The van der Waals surface area contributed by atoms with Gasteiger partial charge in [-0.15, -0.1) is 0 Å². The van der Waals surface area contributed by atoms with Gasteiger partial charge in [0, 0.05) is 37.6 Å². The lowest BCUT2D eigenvalue weighted by Crippen LogP contribution is -2.44. The van der Waals surface area contributed by atoms with Crippen molar-refractivity contribution in [2.45, 2.75) is 108 Å². The summed E-state index contributed by atoms with van der Waals surface area (Å²) in [7, 11) is 1.27. The fraction of sp³-hybridized carbons (Fsp3) is 0.690. The normalized spacial score (nSPS) is 27.9. The summed E-state index contributed by atoms with van der Waals surface area (Å²) in [6.45, 7) is 3.39. The van der Waals surface area contributed by atoms with Crippen LogP contribution in [0.1, 0.15) is 77.6 Å². The van der Waals surface area contributed by atoms with Crippen molar-refractivity contribution in [2.75, 3.05) is 25.1 Å². The number of methoxy groups -OCH3 is 1. The highest BCUT2D eigenvalue weighted by molar-refractivity contribution is 5.81. The number of hydrogen-bond acceptors (Lipinski definition) is 7. The van der Waals surface area contributed by atoms with Crippen LogP contribution in [0, 0.1) is 0 Å². The second kappa shape index (κ2) is 11.1. The van der Waals surface area contributed by atoms with Crippen molar-refractivity contribution in [3.05, 3.63) is 34.6 Å². The van der Waals surface area contributed by atoms with Crippen LogP contribution < -0.4 is 10.5 Å². The molecule has 0 radical (unpaired) electrons. The van der Waals surface area contributed by atoms with E-state index in [1.807, 2.05) is 28.8 Å². The van der Waals surface area contributed by atoms with Crippen LogP contribution in [-0.2, 0) is 16.1 Å². The van der Waals surface area contributed by atoms with Gasteiger partial charge in [0.05, 0.1) is 24.7 Å². The number of anilines is 1. The number of aromatic nitrogens is 2. The van der Waals surface area contributed by atoms with Crippen LogP contribution in [0.15, 0.2) is 29.1 Å². The van der Waals surface area contributed by atoms with Crippen molar-refractivity contribution in [1.82, 2.24) is 14.5 Å². The van der Waals surface area contributed by atoms with Gasteiger partial charge in [-0.1, -0.05) is 44.2 Å². The standard InChI is InChI=1S/C29H42N4O4/c1-21-14-15-23(33(21)22-10-6-4-3-5-7-11-22)16-18-32-25-13-9-8-12-24(25)30-26(27(32)34)31-19-17-29(36,20-31)28(35)37-2/h8-9,12-13,21-23,36H,3-7,10-11,14-20H2,1-2H3/t21?,23-,29?/m0/s1. The van der Waals surface area contributed by atoms with Gasteiger partial charge in [0.2, 0.25) is 0 Å². The molecule has 2 aliphatic heterocycles. The Morgan fingerprint density at radius 2 is 1.84 bits per heavy atom. The van der Waals surface area contributed by atoms with Crippen molar-refractivity contribution in [3.8, 4) is 0 Å². The van der Waals surface area contributed by atoms with Crippen molar-refractivity contribution >= 4 is 22.8 Å². The summed E-state index contributed by atoms with van der Waals surface area (Å²) in [6, 6.07) is 9.50. The van der Waals surface area contributed by atoms with Gasteiger partial charge in [-0.25, -0.2) is 9.78 Å². The molecule has 3 heterocycles. The van der Waals surface area contributed by atoms with Crippen LogP contribution in [0.25, 0.3) is 11.0 Å². The van der Waals surface area contributed by atoms with Crippen LogP contribution in [0.3, 0.4) is 0 Å². The molecule has 0 bridgehead atoms. The molecule has 2 aromatic rings. The quantitative estimate of drug-likeness (QED) is 0.591. The van der Waals surface area contributed by atoms with E-state index in [-0.39, 0.29) is 18.5 Å². The predicted octanol–water partition coefficient (Wildman–Crippen LogP) is 3.87. The zero-order valence-corrected chi connectivity index (χ0v) is 22.4. The molecule has 1 N–H and O–H groups in total. The molecule has 1 aliphatic carbocycles. The summed E-state index contributed by atoms with van der Waals surface area (Å²) in [5.74, 6) is -0.365. The van der Waals surface area contributed by atoms with E-state index in [0.29, 0.717) is 37.0 Å². The lowest BCUT2D eigenvalue weighted by molar-refractivity contribution is -0.159. The Morgan fingerprint density at radius 1 is 1.11 bits per heavy atom. The van der Waals surface area contributed by atoms with Crippen LogP contribution in [-0.4, -0.2) is 69.5 Å². The fourth-order valence-electron chi connectivity index (χ4n) is 6.99. The molecule has 1 saturated carbocycles. The number of hydrogen-bond donors (Lipinski definition) is 1. The summed E-state index contributed by atoms with van der Waals surface area (Å²) < 4.78 is 6.67. The molecule has 8 nitrogen and oxygen atoms in total. The Labute approximate surface area is 219 Å². The second-order valence-electron chi connectivity index (χ2n) is 11.4. The Hall–Kier alpha value is -2.45. The van der Waals surface area contributed by atoms with Crippen LogP contribution in [0.4, 0.5) is 5.82 Å². The molecule has 3 fully saturated rings. The lowest BCUT2D eigenvalue weighted by atomic mass is 9.94. The first-order valence-electron chi connectivity index (χ1n) is 14.2. The van der Waals surface area contributed by atoms with Gasteiger partial charge in [0.1, 0.15) is 0 Å². The summed E-state index contributed by atoms with van der Waals surface area (Å²) in [4.78, 5) is 35.2. The van der Waals surface area contributed by atoms with Crippen molar-refractivity contribution in [1.29, 1.82) is 0 Å². The second-order valence-corrected chi connectivity index (χ2v) is 11.4. The molecule has 0 spiro atoms. The number of nitrogens with zero attached hydrogens (tertiary/aromatic N) is 4. The number of likely N-dealkylation sites (tertiary alicyclic amines) is 1. The maximum Gasteiger partial charge on any atom is 0.339 e. The molecular weight excluding hydrogens is 468 g/mol. The average molecular weight is 511 g/mol. The number of aryl methyl sites for hydroxylation is 1. The first kappa shape index (κ1) is 26.2. The SMILES string of the molecule is COC(=O)C1(O)CCN(c2nc3ccccc3n(CC[C@@H]3CCC(C)N3C3CCCCCCC3)c2=O)C1. The molecule has 1 aromatic carbocycles. The van der Waals surface area contributed by atoms with Gasteiger partial charge in [-0.05, 0) is 51.2 Å². The number of carbonyl (C=O) groups is 1. The van der Waals surface area contributed by atoms with E-state index in [0.717, 1.165) is 17.5 Å². The van der Waals surface area contributed by atoms with Crippen molar-refractivity contribution in [2.24, 2.45) is 0 Å². The summed E-state index contributed by atoms with van der Waals surface area (Å²) in [6.07, 6.45) is 12.9. The zero-order valence-electron chi connectivity index (χ0n) is 22.4. The molecular formula is C29H42N4O4. The van der Waals surface area contributed by atoms with Crippen molar-refractivity contribution in [3.63, 3.8) is 0 Å². The third kappa shape index (κ3) is 5.28. The largest absolute Gasteiger partial charge is 0.467 e. The van der Waals surface area contributed by atoms with Crippen molar-refractivity contribution < 1.29 is 14.6 Å². The number of carbonyl (C=O) groups excluding carboxylic acids is 1. The van der Waals surface area contributed by atoms with E-state index < -0.39 is 11.6 Å². The molecule has 202 valence electrons. The Kier molecular flexibility index (Phi) is 7.86. The van der Waals surface area contributed by atoms with E-state index in [2.05, 4.69) is 16.8 Å². The number of para-hydroxylation sites is 2. The van der Waals surface area contributed by atoms with Crippen LogP contribution >= 0.6 is 0 Å². The number of ether oxygens (including phenoxy) is 1. The van der Waals surface area contributed by atoms with Gasteiger partial charge in [0.15, 0.2) is 11.4 Å².